The van der Waals surface area contributed by atoms with Crippen molar-refractivity contribution < 1.29 is 9.47 Å². The number of methoxy groups -OCH3 is 1. The molecule has 0 aromatic heterocycles. The summed E-state index contributed by atoms with van der Waals surface area (Å²) < 4.78 is 11.3. The van der Waals surface area contributed by atoms with Crippen molar-refractivity contribution in [3.8, 4) is 5.75 Å². The van der Waals surface area contributed by atoms with Crippen molar-refractivity contribution in [3.05, 3.63) is 65.7 Å². The fraction of sp³-hybridized carbons (Fsp3) is 0.333. The molecule has 0 amide bonds. The van der Waals surface area contributed by atoms with Crippen LogP contribution < -0.4 is 4.74 Å². The summed E-state index contributed by atoms with van der Waals surface area (Å²) in [6, 6.07) is 18.6. The molecule has 0 saturated carbocycles. The van der Waals surface area contributed by atoms with Crippen molar-refractivity contribution >= 4 is 15.9 Å². The van der Waals surface area contributed by atoms with Gasteiger partial charge in [-0.15, -0.1) is 0 Å². The zero-order valence-electron chi connectivity index (χ0n) is 12.3. The average Bonchev–Trinajstić information content (AvgIpc) is 2.56. The van der Waals surface area contributed by atoms with E-state index in [0.29, 0.717) is 0 Å². The minimum absolute atomic E-state index is 0.0656. The third-order valence-corrected chi connectivity index (χ3v) is 3.97. The van der Waals surface area contributed by atoms with E-state index in [0.717, 1.165) is 36.1 Å². The number of hydrogen-bond acceptors (Lipinski definition) is 2. The molecule has 3 heteroatoms. The van der Waals surface area contributed by atoms with Crippen LogP contribution in [0.15, 0.2) is 54.6 Å². The van der Waals surface area contributed by atoms with Crippen LogP contribution in [0.5, 0.6) is 5.75 Å². The highest BCUT2D eigenvalue weighted by Crippen LogP contribution is 2.24. The molecule has 0 N–H and O–H groups in total. The standard InChI is InChI=1S/C18H21BrO2/c1-20-17-11-5-10-16(13-17)18(14-19)21-12-6-9-15-7-3-2-4-8-15/h2-5,7-8,10-11,13,18H,6,9,12,14H2,1H3. The minimum Gasteiger partial charge on any atom is -0.497 e. The first-order valence-electron chi connectivity index (χ1n) is 7.19. The van der Waals surface area contributed by atoms with Crippen LogP contribution in [0.25, 0.3) is 0 Å². The first-order chi connectivity index (χ1) is 10.3. The molecule has 0 radical (unpaired) electrons. The van der Waals surface area contributed by atoms with Gasteiger partial charge in [-0.25, -0.2) is 0 Å². The normalized spacial score (nSPS) is 12.1. The number of ether oxygens (including phenoxy) is 2. The van der Waals surface area contributed by atoms with E-state index in [9.17, 15) is 0 Å². The van der Waals surface area contributed by atoms with Gasteiger partial charge in [0.1, 0.15) is 5.75 Å². The van der Waals surface area contributed by atoms with Crippen molar-refractivity contribution in [2.24, 2.45) is 0 Å². The van der Waals surface area contributed by atoms with Gasteiger partial charge >= 0.3 is 0 Å². The molecular weight excluding hydrogens is 328 g/mol. The first-order valence-corrected chi connectivity index (χ1v) is 8.31. The van der Waals surface area contributed by atoms with Gasteiger partial charge < -0.3 is 9.47 Å². The Bertz CT molecular complexity index is 528. The second-order valence-corrected chi connectivity index (χ2v) is 5.53. The van der Waals surface area contributed by atoms with E-state index in [1.165, 1.54) is 5.56 Å². The predicted octanol–water partition coefficient (Wildman–Crippen LogP) is 4.78. The summed E-state index contributed by atoms with van der Waals surface area (Å²) in [6.07, 6.45) is 2.14. The van der Waals surface area contributed by atoms with Gasteiger partial charge in [0.15, 0.2) is 0 Å². The maximum absolute atomic E-state index is 6.00. The monoisotopic (exact) mass is 348 g/mol. The lowest BCUT2D eigenvalue weighted by atomic mass is 10.1. The van der Waals surface area contributed by atoms with Gasteiger partial charge in [-0.3, -0.25) is 0 Å². The Morgan fingerprint density at radius 2 is 1.86 bits per heavy atom. The SMILES string of the molecule is COc1cccc(C(CBr)OCCCc2ccccc2)c1. The Kier molecular flexibility index (Phi) is 6.77. The maximum atomic E-state index is 6.00. The third-order valence-electron chi connectivity index (χ3n) is 3.38. The molecule has 0 bridgehead atoms. The molecule has 0 aliphatic heterocycles. The smallest absolute Gasteiger partial charge is 0.119 e. The van der Waals surface area contributed by atoms with Gasteiger partial charge in [-0.1, -0.05) is 58.4 Å². The van der Waals surface area contributed by atoms with Crippen LogP contribution in [0, 0.1) is 0 Å². The van der Waals surface area contributed by atoms with Gasteiger partial charge in [-0.2, -0.15) is 0 Å². The molecule has 2 nitrogen and oxygen atoms in total. The Morgan fingerprint density at radius 1 is 1.05 bits per heavy atom. The summed E-state index contributed by atoms with van der Waals surface area (Å²) in [4.78, 5) is 0. The Morgan fingerprint density at radius 3 is 2.57 bits per heavy atom. The number of aryl methyl sites for hydroxylation is 1. The van der Waals surface area contributed by atoms with Crippen molar-refractivity contribution in [2.45, 2.75) is 18.9 Å². The molecule has 0 aliphatic rings. The Balaban J connectivity index is 1.82. The predicted molar refractivity (Wildman–Crippen MR) is 90.2 cm³/mol. The van der Waals surface area contributed by atoms with E-state index >= 15 is 0 Å². The number of alkyl halides is 1. The number of benzene rings is 2. The Hall–Kier alpha value is -1.32. The summed E-state index contributed by atoms with van der Waals surface area (Å²) in [7, 11) is 1.68. The largest absolute Gasteiger partial charge is 0.497 e. The second-order valence-electron chi connectivity index (χ2n) is 4.88. The molecule has 1 atom stereocenters. The zero-order chi connectivity index (χ0) is 14.9. The van der Waals surface area contributed by atoms with E-state index in [2.05, 4.69) is 46.3 Å². The molecule has 0 heterocycles. The molecule has 2 aromatic rings. The first kappa shape index (κ1) is 16.1. The molecule has 2 rings (SSSR count). The third kappa shape index (κ3) is 5.18. The fourth-order valence-corrected chi connectivity index (χ4v) is 2.78. The molecule has 0 aliphatic carbocycles. The average molecular weight is 349 g/mol. The highest BCUT2D eigenvalue weighted by Gasteiger charge is 2.11. The highest BCUT2D eigenvalue weighted by atomic mass is 79.9. The van der Waals surface area contributed by atoms with E-state index < -0.39 is 0 Å². The van der Waals surface area contributed by atoms with E-state index in [1.54, 1.807) is 7.11 Å². The van der Waals surface area contributed by atoms with Gasteiger partial charge in [0.25, 0.3) is 0 Å². The molecule has 0 spiro atoms. The summed E-state index contributed by atoms with van der Waals surface area (Å²) in [6.45, 7) is 0.752. The van der Waals surface area contributed by atoms with Crippen molar-refractivity contribution in [3.63, 3.8) is 0 Å². The Labute approximate surface area is 135 Å². The maximum Gasteiger partial charge on any atom is 0.119 e. The van der Waals surface area contributed by atoms with Crippen LogP contribution in [0.3, 0.4) is 0 Å². The summed E-state index contributed by atoms with van der Waals surface area (Å²) in [5.41, 5.74) is 2.50. The lowest BCUT2D eigenvalue weighted by Crippen LogP contribution is -2.08. The number of halogens is 1. The molecule has 0 saturated heterocycles. The fourth-order valence-electron chi connectivity index (χ4n) is 2.22. The van der Waals surface area contributed by atoms with Crippen molar-refractivity contribution in [1.82, 2.24) is 0 Å². The van der Waals surface area contributed by atoms with E-state index in [4.69, 9.17) is 9.47 Å². The van der Waals surface area contributed by atoms with Crippen molar-refractivity contribution in [1.29, 1.82) is 0 Å². The van der Waals surface area contributed by atoms with Gasteiger partial charge in [0, 0.05) is 11.9 Å². The van der Waals surface area contributed by atoms with Gasteiger partial charge in [0.2, 0.25) is 0 Å². The van der Waals surface area contributed by atoms with Crippen LogP contribution in [0.1, 0.15) is 23.7 Å². The molecular formula is C18H21BrO2. The zero-order valence-corrected chi connectivity index (χ0v) is 13.9. The summed E-state index contributed by atoms with van der Waals surface area (Å²) >= 11 is 3.53. The van der Waals surface area contributed by atoms with Crippen LogP contribution in [0.4, 0.5) is 0 Å². The van der Waals surface area contributed by atoms with Crippen LogP contribution in [-0.2, 0) is 11.2 Å². The minimum atomic E-state index is 0.0656. The molecule has 21 heavy (non-hydrogen) atoms. The lowest BCUT2D eigenvalue weighted by molar-refractivity contribution is 0.0681. The molecule has 2 aromatic carbocycles. The van der Waals surface area contributed by atoms with Crippen LogP contribution in [0.2, 0.25) is 0 Å². The summed E-state index contributed by atoms with van der Waals surface area (Å²) in [5.74, 6) is 0.867. The lowest BCUT2D eigenvalue weighted by Gasteiger charge is -2.16. The van der Waals surface area contributed by atoms with E-state index in [1.807, 2.05) is 24.3 Å². The van der Waals surface area contributed by atoms with E-state index in [-0.39, 0.29) is 6.10 Å². The highest BCUT2D eigenvalue weighted by molar-refractivity contribution is 9.09. The second kappa shape index (κ2) is 8.85. The number of rotatable bonds is 8. The van der Waals surface area contributed by atoms with Crippen molar-refractivity contribution in [2.75, 3.05) is 19.0 Å². The van der Waals surface area contributed by atoms with Gasteiger partial charge in [0.05, 0.1) is 13.2 Å². The van der Waals surface area contributed by atoms with Crippen LogP contribution >= 0.6 is 15.9 Å². The topological polar surface area (TPSA) is 18.5 Å². The summed E-state index contributed by atoms with van der Waals surface area (Å²) in [5, 5.41) is 0.783. The van der Waals surface area contributed by atoms with Crippen LogP contribution in [-0.4, -0.2) is 19.0 Å². The molecule has 1 unspecified atom stereocenters. The number of hydrogen-bond donors (Lipinski definition) is 0. The van der Waals surface area contributed by atoms with Gasteiger partial charge in [-0.05, 0) is 36.1 Å². The molecule has 0 fully saturated rings. The quantitative estimate of drug-likeness (QED) is 0.504. The molecule has 112 valence electrons.